The summed E-state index contributed by atoms with van der Waals surface area (Å²) in [5.41, 5.74) is 6.09. The summed E-state index contributed by atoms with van der Waals surface area (Å²) < 4.78 is 40.3. The van der Waals surface area contributed by atoms with Crippen LogP contribution in [0.4, 0.5) is 19.1 Å². The van der Waals surface area contributed by atoms with Crippen molar-refractivity contribution in [1.29, 1.82) is 0 Å². The van der Waals surface area contributed by atoms with Crippen molar-refractivity contribution in [3.8, 4) is 0 Å². The molecular formula is C17H12F3N5O. The molecule has 0 unspecified atom stereocenters. The van der Waals surface area contributed by atoms with Crippen LogP contribution >= 0.6 is 0 Å². The number of aromatic nitrogens is 4. The summed E-state index contributed by atoms with van der Waals surface area (Å²) in [6, 6.07) is 11.7. The smallest absolute Gasteiger partial charge is 0.369 e. The van der Waals surface area contributed by atoms with E-state index in [4.69, 9.17) is 5.73 Å². The van der Waals surface area contributed by atoms with E-state index < -0.39 is 17.4 Å². The summed E-state index contributed by atoms with van der Waals surface area (Å²) in [6.07, 6.45) is -4.41. The molecule has 0 bridgehead atoms. The molecule has 2 heterocycles. The molecule has 0 radical (unpaired) electrons. The van der Waals surface area contributed by atoms with Crippen molar-refractivity contribution in [2.75, 3.05) is 5.73 Å². The highest BCUT2D eigenvalue weighted by Crippen LogP contribution is 2.29. The SMILES string of the molecule is Nc1nc2ccccc2c2nn(Cc3ccc(C(F)(F)F)cc3)c(=O)n12. The molecule has 0 amide bonds. The molecule has 26 heavy (non-hydrogen) atoms. The summed E-state index contributed by atoms with van der Waals surface area (Å²) in [7, 11) is 0. The third kappa shape index (κ3) is 2.57. The molecule has 2 N–H and O–H groups in total. The van der Waals surface area contributed by atoms with Gasteiger partial charge in [-0.2, -0.15) is 13.2 Å². The van der Waals surface area contributed by atoms with Crippen molar-refractivity contribution in [3.05, 3.63) is 70.1 Å². The van der Waals surface area contributed by atoms with Crippen LogP contribution in [0.3, 0.4) is 0 Å². The molecule has 0 aliphatic carbocycles. The molecule has 0 saturated carbocycles. The zero-order chi connectivity index (χ0) is 18.5. The van der Waals surface area contributed by atoms with Gasteiger partial charge in [0.2, 0.25) is 5.95 Å². The molecule has 0 spiro atoms. The Balaban J connectivity index is 1.80. The normalized spacial score (nSPS) is 12.1. The number of nitrogens with two attached hydrogens (primary N) is 1. The first kappa shape index (κ1) is 16.1. The van der Waals surface area contributed by atoms with E-state index in [-0.39, 0.29) is 12.5 Å². The molecule has 6 nitrogen and oxygen atoms in total. The lowest BCUT2D eigenvalue weighted by molar-refractivity contribution is -0.137. The minimum atomic E-state index is -4.41. The van der Waals surface area contributed by atoms with Gasteiger partial charge in [0.25, 0.3) is 0 Å². The fourth-order valence-electron chi connectivity index (χ4n) is 2.80. The van der Waals surface area contributed by atoms with Gasteiger partial charge in [0, 0.05) is 5.39 Å². The lowest BCUT2D eigenvalue weighted by atomic mass is 10.1. The number of fused-ring (bicyclic) bond motifs is 3. The van der Waals surface area contributed by atoms with Crippen LogP contribution in [0.25, 0.3) is 16.6 Å². The maximum absolute atomic E-state index is 12.7. The number of para-hydroxylation sites is 1. The molecular weight excluding hydrogens is 347 g/mol. The van der Waals surface area contributed by atoms with Gasteiger partial charge in [-0.15, -0.1) is 5.10 Å². The molecule has 4 aromatic rings. The Labute approximate surface area is 144 Å². The highest BCUT2D eigenvalue weighted by atomic mass is 19.4. The molecule has 2 aromatic carbocycles. The van der Waals surface area contributed by atoms with Crippen LogP contribution in [0.2, 0.25) is 0 Å². The molecule has 4 rings (SSSR count). The monoisotopic (exact) mass is 359 g/mol. The second kappa shape index (κ2) is 5.58. The Morgan fingerprint density at radius 1 is 1.04 bits per heavy atom. The predicted octanol–water partition coefficient (Wildman–Crippen LogP) is 2.69. The Hall–Kier alpha value is -3.36. The van der Waals surface area contributed by atoms with E-state index >= 15 is 0 Å². The first-order valence-corrected chi connectivity index (χ1v) is 7.64. The minimum Gasteiger partial charge on any atom is -0.369 e. The highest BCUT2D eigenvalue weighted by molar-refractivity contribution is 5.91. The molecule has 0 fully saturated rings. The third-order valence-electron chi connectivity index (χ3n) is 4.06. The fraction of sp³-hybridized carbons (Fsp3) is 0.118. The van der Waals surface area contributed by atoms with Crippen LogP contribution in [0.5, 0.6) is 0 Å². The Kier molecular flexibility index (Phi) is 3.46. The van der Waals surface area contributed by atoms with E-state index in [0.29, 0.717) is 22.1 Å². The van der Waals surface area contributed by atoms with Crippen LogP contribution in [0, 0.1) is 0 Å². The first-order valence-electron chi connectivity index (χ1n) is 7.64. The summed E-state index contributed by atoms with van der Waals surface area (Å²) in [4.78, 5) is 16.8. The van der Waals surface area contributed by atoms with Crippen molar-refractivity contribution in [2.45, 2.75) is 12.7 Å². The maximum atomic E-state index is 12.7. The number of benzene rings is 2. The zero-order valence-corrected chi connectivity index (χ0v) is 13.2. The van der Waals surface area contributed by atoms with Gasteiger partial charge in [-0.1, -0.05) is 24.3 Å². The van der Waals surface area contributed by atoms with E-state index in [2.05, 4.69) is 10.1 Å². The van der Waals surface area contributed by atoms with Crippen LogP contribution in [-0.4, -0.2) is 19.2 Å². The molecule has 132 valence electrons. The van der Waals surface area contributed by atoms with Crippen molar-refractivity contribution in [3.63, 3.8) is 0 Å². The van der Waals surface area contributed by atoms with Gasteiger partial charge in [-0.3, -0.25) is 0 Å². The number of hydrogen-bond donors (Lipinski definition) is 1. The highest BCUT2D eigenvalue weighted by Gasteiger charge is 2.30. The first-order chi connectivity index (χ1) is 12.3. The van der Waals surface area contributed by atoms with Gasteiger partial charge < -0.3 is 5.73 Å². The standard InChI is InChI=1S/C17H12F3N5O/c18-17(19,20)11-7-5-10(6-8-11)9-24-16(26)25-14(23-24)12-3-1-2-4-13(12)22-15(25)21/h1-8H,9H2,(H2,21,22). The van der Waals surface area contributed by atoms with E-state index in [1.807, 2.05) is 0 Å². The number of hydrogen-bond acceptors (Lipinski definition) is 4. The summed E-state index contributed by atoms with van der Waals surface area (Å²) in [5.74, 6) is 0.00219. The molecule has 0 saturated heterocycles. The van der Waals surface area contributed by atoms with Gasteiger partial charge in [-0.25, -0.2) is 18.9 Å². The van der Waals surface area contributed by atoms with E-state index in [0.717, 1.165) is 16.8 Å². The average molecular weight is 359 g/mol. The molecule has 0 aliphatic rings. The summed E-state index contributed by atoms with van der Waals surface area (Å²) in [5, 5.41) is 4.95. The predicted molar refractivity (Wildman–Crippen MR) is 89.7 cm³/mol. The van der Waals surface area contributed by atoms with Gasteiger partial charge in [0.05, 0.1) is 17.6 Å². The second-order valence-electron chi connectivity index (χ2n) is 5.78. The quantitative estimate of drug-likeness (QED) is 0.597. The van der Waals surface area contributed by atoms with Crippen LogP contribution in [0.1, 0.15) is 11.1 Å². The molecule has 2 aromatic heterocycles. The number of nitrogen functional groups attached to an aromatic ring is 1. The average Bonchev–Trinajstić information content (AvgIpc) is 2.92. The molecule has 9 heteroatoms. The Morgan fingerprint density at radius 3 is 2.42 bits per heavy atom. The fourth-order valence-corrected chi connectivity index (χ4v) is 2.80. The van der Waals surface area contributed by atoms with Crippen LogP contribution in [-0.2, 0) is 12.7 Å². The number of rotatable bonds is 2. The van der Waals surface area contributed by atoms with Crippen molar-refractivity contribution < 1.29 is 13.2 Å². The minimum absolute atomic E-state index is 0.00219. The molecule has 0 aliphatic heterocycles. The van der Waals surface area contributed by atoms with Gasteiger partial charge in [0.15, 0.2) is 5.65 Å². The summed E-state index contributed by atoms with van der Waals surface area (Å²) in [6.45, 7) is 0.0203. The van der Waals surface area contributed by atoms with Crippen molar-refractivity contribution in [2.24, 2.45) is 0 Å². The zero-order valence-electron chi connectivity index (χ0n) is 13.2. The van der Waals surface area contributed by atoms with Gasteiger partial charge >= 0.3 is 11.9 Å². The topological polar surface area (TPSA) is 78.2 Å². The Bertz CT molecular complexity index is 1180. The largest absolute Gasteiger partial charge is 0.416 e. The van der Waals surface area contributed by atoms with Crippen LogP contribution in [0.15, 0.2) is 53.3 Å². The summed E-state index contributed by atoms with van der Waals surface area (Å²) >= 11 is 0. The maximum Gasteiger partial charge on any atom is 0.416 e. The van der Waals surface area contributed by atoms with Crippen LogP contribution < -0.4 is 11.4 Å². The van der Waals surface area contributed by atoms with Crippen molar-refractivity contribution >= 4 is 22.5 Å². The number of alkyl halides is 3. The van der Waals surface area contributed by atoms with E-state index in [1.165, 1.54) is 16.5 Å². The lowest BCUT2D eigenvalue weighted by Crippen LogP contribution is -2.23. The lowest BCUT2D eigenvalue weighted by Gasteiger charge is -2.07. The number of anilines is 1. The Morgan fingerprint density at radius 2 is 1.73 bits per heavy atom. The van der Waals surface area contributed by atoms with E-state index in [9.17, 15) is 18.0 Å². The van der Waals surface area contributed by atoms with Crippen molar-refractivity contribution in [1.82, 2.24) is 19.2 Å². The second-order valence-corrected chi connectivity index (χ2v) is 5.78. The van der Waals surface area contributed by atoms with Gasteiger partial charge in [0.1, 0.15) is 0 Å². The van der Waals surface area contributed by atoms with Gasteiger partial charge in [-0.05, 0) is 29.8 Å². The third-order valence-corrected chi connectivity index (χ3v) is 4.06. The number of nitrogens with zero attached hydrogens (tertiary/aromatic N) is 4. The van der Waals surface area contributed by atoms with E-state index in [1.54, 1.807) is 24.3 Å². The number of halogens is 3. The molecule has 0 atom stereocenters.